The van der Waals surface area contributed by atoms with E-state index >= 15 is 4.39 Å². The van der Waals surface area contributed by atoms with Crippen molar-refractivity contribution in [1.29, 1.82) is 0 Å². The molecule has 0 saturated carbocycles. The number of imidazole rings is 1. The standard InChI is InChI=1S/C40H28ClF2N5/c41-31-17-21-38(44-24-31)47-26-45-36-20-16-27(22-37(36)47)34-25-48(46-39(34)33-19-18-32(42)23-35(33)43)40(28-10-4-1-5-11-28,29-12-6-2-7-13-29)30-14-8-3-9-15-30/h1-14,16-26,30H,15H2. The van der Waals surface area contributed by atoms with E-state index in [1.807, 2.05) is 76.1 Å². The van der Waals surface area contributed by atoms with Gasteiger partial charge in [0.25, 0.3) is 0 Å². The van der Waals surface area contributed by atoms with Crippen molar-refractivity contribution < 1.29 is 8.78 Å². The van der Waals surface area contributed by atoms with E-state index in [9.17, 15) is 4.39 Å². The fourth-order valence-corrected chi connectivity index (χ4v) is 6.93. The second kappa shape index (κ2) is 12.2. The molecule has 1 aliphatic carbocycles. The van der Waals surface area contributed by atoms with Gasteiger partial charge in [0.05, 0.1) is 16.1 Å². The van der Waals surface area contributed by atoms with Crippen LogP contribution in [0.25, 0.3) is 39.2 Å². The van der Waals surface area contributed by atoms with Gasteiger partial charge in [0.1, 0.15) is 35.0 Å². The quantitative estimate of drug-likeness (QED) is 0.172. The molecule has 48 heavy (non-hydrogen) atoms. The molecule has 0 fully saturated rings. The van der Waals surface area contributed by atoms with Gasteiger partial charge in [0, 0.05) is 35.5 Å². The zero-order valence-corrected chi connectivity index (χ0v) is 26.3. The van der Waals surface area contributed by atoms with Crippen LogP contribution in [0.2, 0.25) is 5.02 Å². The third-order valence-electron chi connectivity index (χ3n) is 9.02. The highest BCUT2D eigenvalue weighted by molar-refractivity contribution is 6.30. The van der Waals surface area contributed by atoms with Crippen LogP contribution in [0.3, 0.4) is 0 Å². The summed E-state index contributed by atoms with van der Waals surface area (Å²) in [5.41, 5.74) is 4.89. The summed E-state index contributed by atoms with van der Waals surface area (Å²) in [5.74, 6) is -0.724. The summed E-state index contributed by atoms with van der Waals surface area (Å²) in [6.45, 7) is 0. The van der Waals surface area contributed by atoms with Gasteiger partial charge in [-0.25, -0.2) is 18.7 Å². The van der Waals surface area contributed by atoms with Crippen LogP contribution in [0.15, 0.2) is 152 Å². The number of halogens is 3. The molecule has 5 nitrogen and oxygen atoms in total. The zero-order chi connectivity index (χ0) is 32.7. The van der Waals surface area contributed by atoms with Crippen LogP contribution < -0.4 is 0 Å². The van der Waals surface area contributed by atoms with E-state index in [1.165, 1.54) is 12.1 Å². The van der Waals surface area contributed by atoms with E-state index in [0.29, 0.717) is 22.1 Å². The lowest BCUT2D eigenvalue weighted by molar-refractivity contribution is 0.293. The van der Waals surface area contributed by atoms with Crippen LogP contribution in [-0.4, -0.2) is 24.3 Å². The Kier molecular flexibility index (Phi) is 7.54. The summed E-state index contributed by atoms with van der Waals surface area (Å²) in [6, 6.07) is 33.7. The normalized spacial score (nSPS) is 14.5. The van der Waals surface area contributed by atoms with E-state index < -0.39 is 17.2 Å². The molecule has 0 amide bonds. The Balaban J connectivity index is 1.42. The number of hydrogen-bond acceptors (Lipinski definition) is 3. The van der Waals surface area contributed by atoms with Crippen molar-refractivity contribution in [2.24, 2.45) is 5.92 Å². The van der Waals surface area contributed by atoms with Gasteiger partial charge < -0.3 is 0 Å². The monoisotopic (exact) mass is 651 g/mol. The van der Waals surface area contributed by atoms with Crippen molar-refractivity contribution in [1.82, 2.24) is 24.3 Å². The largest absolute Gasteiger partial charge is 0.283 e. The molecule has 8 heteroatoms. The smallest absolute Gasteiger partial charge is 0.138 e. The Morgan fingerprint density at radius 2 is 1.54 bits per heavy atom. The average Bonchev–Trinajstić information content (AvgIpc) is 3.76. The SMILES string of the molecule is Fc1ccc(-c2nn(C(c3ccccc3)(c3ccccc3)C3C=CC=CC3)cc2-c2ccc3ncn(-c4ccc(Cl)cn4)c3c2)c(F)c1. The molecule has 8 rings (SSSR count). The lowest BCUT2D eigenvalue weighted by Crippen LogP contribution is -2.43. The first-order valence-electron chi connectivity index (χ1n) is 15.6. The second-order valence-corrected chi connectivity index (χ2v) is 12.2. The third-order valence-corrected chi connectivity index (χ3v) is 9.25. The maximum Gasteiger partial charge on any atom is 0.138 e. The maximum atomic E-state index is 15.7. The summed E-state index contributed by atoms with van der Waals surface area (Å²) in [5, 5.41) is 5.79. The number of aromatic nitrogens is 5. The molecule has 1 unspecified atom stereocenters. The third kappa shape index (κ3) is 5.04. The molecule has 3 heterocycles. The number of nitrogens with zero attached hydrogens (tertiary/aromatic N) is 5. The molecule has 0 radical (unpaired) electrons. The van der Waals surface area contributed by atoms with E-state index in [2.05, 4.69) is 58.5 Å². The maximum absolute atomic E-state index is 15.7. The van der Waals surface area contributed by atoms with Gasteiger partial charge >= 0.3 is 0 Å². The Bertz CT molecular complexity index is 2270. The molecule has 0 spiro atoms. The molecular weight excluding hydrogens is 624 g/mol. The molecule has 3 aromatic heterocycles. The van der Waals surface area contributed by atoms with Crippen LogP contribution >= 0.6 is 11.6 Å². The molecule has 4 aromatic carbocycles. The zero-order valence-electron chi connectivity index (χ0n) is 25.6. The van der Waals surface area contributed by atoms with Crippen LogP contribution in [-0.2, 0) is 5.54 Å². The van der Waals surface area contributed by atoms with Crippen LogP contribution in [0, 0.1) is 17.6 Å². The topological polar surface area (TPSA) is 48.5 Å². The second-order valence-electron chi connectivity index (χ2n) is 11.8. The van der Waals surface area contributed by atoms with Gasteiger partial charge in [0.2, 0.25) is 0 Å². The number of hydrogen-bond donors (Lipinski definition) is 0. The van der Waals surface area contributed by atoms with Crippen molar-refractivity contribution in [3.8, 4) is 28.2 Å². The van der Waals surface area contributed by atoms with Gasteiger partial charge in [-0.15, -0.1) is 0 Å². The highest BCUT2D eigenvalue weighted by atomic mass is 35.5. The lowest BCUT2D eigenvalue weighted by atomic mass is 9.70. The minimum atomic E-state index is -0.813. The first kappa shape index (κ1) is 29.7. The molecule has 0 bridgehead atoms. The summed E-state index contributed by atoms with van der Waals surface area (Å²) < 4.78 is 33.8. The molecule has 0 saturated heterocycles. The number of pyridine rings is 1. The Hall–Kier alpha value is -5.66. The van der Waals surface area contributed by atoms with E-state index in [1.54, 1.807) is 18.6 Å². The van der Waals surface area contributed by atoms with Gasteiger partial charge in [-0.3, -0.25) is 9.25 Å². The van der Waals surface area contributed by atoms with Gasteiger partial charge in [-0.2, -0.15) is 5.10 Å². The predicted molar refractivity (Wildman–Crippen MR) is 186 cm³/mol. The summed E-state index contributed by atoms with van der Waals surface area (Å²) in [7, 11) is 0. The predicted octanol–water partition coefficient (Wildman–Crippen LogP) is 9.81. The summed E-state index contributed by atoms with van der Waals surface area (Å²) in [6.07, 6.45) is 14.6. The molecule has 7 aromatic rings. The van der Waals surface area contributed by atoms with Gasteiger partial charge in [0.15, 0.2) is 0 Å². The van der Waals surface area contributed by atoms with Gasteiger partial charge in [-0.05, 0) is 59.5 Å². The Morgan fingerprint density at radius 3 is 2.21 bits per heavy atom. The number of fused-ring (bicyclic) bond motifs is 1. The Morgan fingerprint density at radius 1 is 0.771 bits per heavy atom. The summed E-state index contributed by atoms with van der Waals surface area (Å²) in [4.78, 5) is 9.09. The molecule has 1 aliphatic rings. The first-order valence-corrected chi connectivity index (χ1v) is 16.0. The molecule has 0 aliphatic heterocycles. The van der Waals surface area contributed by atoms with Crippen molar-refractivity contribution in [2.45, 2.75) is 12.0 Å². The van der Waals surface area contributed by atoms with Gasteiger partial charge in [-0.1, -0.05) is 103 Å². The fraction of sp³-hybridized carbons (Fsp3) is 0.0750. The minimum Gasteiger partial charge on any atom is -0.283 e. The van der Waals surface area contributed by atoms with Crippen molar-refractivity contribution >= 4 is 22.6 Å². The van der Waals surface area contributed by atoms with Crippen LogP contribution in [0.5, 0.6) is 0 Å². The molecule has 1 atom stereocenters. The number of rotatable bonds is 7. The lowest BCUT2D eigenvalue weighted by Gasteiger charge is -2.41. The molecule has 234 valence electrons. The number of benzene rings is 4. The summed E-state index contributed by atoms with van der Waals surface area (Å²) >= 11 is 6.12. The Labute approximate surface area is 281 Å². The number of allylic oxidation sites excluding steroid dienone is 4. The average molecular weight is 652 g/mol. The van der Waals surface area contributed by atoms with Crippen molar-refractivity contribution in [3.63, 3.8) is 0 Å². The van der Waals surface area contributed by atoms with Crippen LogP contribution in [0.1, 0.15) is 17.5 Å². The van der Waals surface area contributed by atoms with E-state index in [4.69, 9.17) is 16.7 Å². The van der Waals surface area contributed by atoms with E-state index in [0.717, 1.165) is 40.2 Å². The van der Waals surface area contributed by atoms with E-state index in [-0.39, 0.29) is 11.5 Å². The highest BCUT2D eigenvalue weighted by Crippen LogP contribution is 2.46. The van der Waals surface area contributed by atoms with Crippen molar-refractivity contribution in [2.75, 3.05) is 0 Å². The highest BCUT2D eigenvalue weighted by Gasteiger charge is 2.44. The first-order chi connectivity index (χ1) is 23.5. The molecular formula is C40H28ClF2N5. The van der Waals surface area contributed by atoms with Crippen LogP contribution in [0.4, 0.5) is 8.78 Å². The minimum absolute atomic E-state index is 0.0362. The molecule has 0 N–H and O–H groups in total. The van der Waals surface area contributed by atoms with Crippen molar-refractivity contribution in [3.05, 3.63) is 180 Å². The fourth-order valence-electron chi connectivity index (χ4n) is 6.82.